The SMILES string of the molecule is C[C@H](C1CCCC1)N(C)CCN(C)[C@H](C)C1CCCC1. The molecule has 2 fully saturated rings. The lowest BCUT2D eigenvalue weighted by molar-refractivity contribution is 0.137. The molecule has 0 heterocycles. The first-order valence-corrected chi connectivity index (χ1v) is 9.00. The fraction of sp³-hybridized carbons (Fsp3) is 1.00. The van der Waals surface area contributed by atoms with Gasteiger partial charge in [-0.3, -0.25) is 0 Å². The van der Waals surface area contributed by atoms with Gasteiger partial charge in [0.05, 0.1) is 0 Å². The molecule has 2 atom stereocenters. The van der Waals surface area contributed by atoms with Gasteiger partial charge in [-0.1, -0.05) is 25.7 Å². The van der Waals surface area contributed by atoms with E-state index in [1.165, 1.54) is 64.5 Å². The largest absolute Gasteiger partial charge is 0.302 e. The zero-order chi connectivity index (χ0) is 14.5. The molecule has 2 nitrogen and oxygen atoms in total. The van der Waals surface area contributed by atoms with Crippen LogP contribution >= 0.6 is 0 Å². The number of nitrogens with zero attached hydrogens (tertiary/aromatic N) is 2. The van der Waals surface area contributed by atoms with Crippen LogP contribution in [0.25, 0.3) is 0 Å². The summed E-state index contributed by atoms with van der Waals surface area (Å²) in [6.07, 6.45) is 11.7. The van der Waals surface area contributed by atoms with Crippen molar-refractivity contribution in [3.8, 4) is 0 Å². The summed E-state index contributed by atoms with van der Waals surface area (Å²) in [7, 11) is 4.66. The van der Waals surface area contributed by atoms with Gasteiger partial charge in [0.2, 0.25) is 0 Å². The molecule has 0 radical (unpaired) electrons. The third-order valence-electron chi connectivity index (χ3n) is 6.36. The Morgan fingerprint density at radius 1 is 0.700 bits per heavy atom. The lowest BCUT2D eigenvalue weighted by Gasteiger charge is -2.34. The van der Waals surface area contributed by atoms with E-state index < -0.39 is 0 Å². The quantitative estimate of drug-likeness (QED) is 0.695. The Kier molecular flexibility index (Phi) is 6.35. The number of likely N-dealkylation sites (N-methyl/N-ethyl adjacent to an activating group) is 2. The molecule has 0 aromatic carbocycles. The molecule has 2 aliphatic carbocycles. The monoisotopic (exact) mass is 280 g/mol. The highest BCUT2D eigenvalue weighted by Crippen LogP contribution is 2.31. The van der Waals surface area contributed by atoms with Crippen LogP contribution in [0, 0.1) is 11.8 Å². The molecule has 0 saturated heterocycles. The normalized spacial score (nSPS) is 24.9. The van der Waals surface area contributed by atoms with Crippen molar-refractivity contribution < 1.29 is 0 Å². The fourth-order valence-corrected chi connectivity index (χ4v) is 4.32. The molecule has 0 unspecified atom stereocenters. The fourth-order valence-electron chi connectivity index (χ4n) is 4.32. The Bertz CT molecular complexity index is 239. The smallest absolute Gasteiger partial charge is 0.0109 e. The number of hydrogen-bond acceptors (Lipinski definition) is 2. The van der Waals surface area contributed by atoms with Crippen LogP contribution in [0.15, 0.2) is 0 Å². The lowest BCUT2D eigenvalue weighted by Crippen LogP contribution is -2.43. The van der Waals surface area contributed by atoms with E-state index in [2.05, 4.69) is 37.7 Å². The highest BCUT2D eigenvalue weighted by molar-refractivity contribution is 4.81. The van der Waals surface area contributed by atoms with Gasteiger partial charge in [0.25, 0.3) is 0 Å². The Hall–Kier alpha value is -0.0800. The van der Waals surface area contributed by atoms with E-state index >= 15 is 0 Å². The molecular formula is C18H36N2. The first-order valence-electron chi connectivity index (χ1n) is 9.00. The molecule has 0 aromatic rings. The van der Waals surface area contributed by atoms with Crippen LogP contribution < -0.4 is 0 Å². The molecule has 0 bridgehead atoms. The van der Waals surface area contributed by atoms with Gasteiger partial charge < -0.3 is 9.80 Å². The van der Waals surface area contributed by atoms with Crippen molar-refractivity contribution >= 4 is 0 Å². The van der Waals surface area contributed by atoms with Crippen LogP contribution in [0.4, 0.5) is 0 Å². The molecule has 0 N–H and O–H groups in total. The van der Waals surface area contributed by atoms with Crippen molar-refractivity contribution in [3.63, 3.8) is 0 Å². The van der Waals surface area contributed by atoms with Crippen LogP contribution in [-0.4, -0.2) is 49.1 Å². The van der Waals surface area contributed by atoms with E-state index in [0.717, 1.165) is 23.9 Å². The summed E-state index contributed by atoms with van der Waals surface area (Å²) in [6, 6.07) is 1.54. The van der Waals surface area contributed by atoms with Gasteiger partial charge in [-0.25, -0.2) is 0 Å². The van der Waals surface area contributed by atoms with E-state index in [1.807, 2.05) is 0 Å². The Morgan fingerprint density at radius 3 is 1.30 bits per heavy atom. The molecule has 2 aliphatic rings. The van der Waals surface area contributed by atoms with Gasteiger partial charge in [0.1, 0.15) is 0 Å². The minimum absolute atomic E-state index is 0.771. The summed E-state index contributed by atoms with van der Waals surface area (Å²) >= 11 is 0. The Labute approximate surface area is 126 Å². The minimum Gasteiger partial charge on any atom is -0.302 e. The van der Waals surface area contributed by atoms with Crippen molar-refractivity contribution in [2.45, 2.75) is 77.3 Å². The standard InChI is InChI=1S/C18H36N2/c1-15(17-9-5-6-10-17)19(3)13-14-20(4)16(2)18-11-7-8-12-18/h15-18H,5-14H2,1-4H3/t15-,16-/m1/s1. The summed E-state index contributed by atoms with van der Waals surface area (Å²) in [5.41, 5.74) is 0. The predicted molar refractivity (Wildman–Crippen MR) is 88.1 cm³/mol. The third-order valence-corrected chi connectivity index (χ3v) is 6.36. The first-order chi connectivity index (χ1) is 9.59. The highest BCUT2D eigenvalue weighted by Gasteiger charge is 2.26. The minimum atomic E-state index is 0.771. The van der Waals surface area contributed by atoms with Gasteiger partial charge in [-0.2, -0.15) is 0 Å². The Balaban J connectivity index is 1.69. The Morgan fingerprint density at radius 2 is 1.00 bits per heavy atom. The van der Waals surface area contributed by atoms with Crippen LogP contribution in [0.1, 0.15) is 65.2 Å². The summed E-state index contributed by atoms with van der Waals surface area (Å²) in [6.45, 7) is 7.34. The topological polar surface area (TPSA) is 6.48 Å². The number of hydrogen-bond donors (Lipinski definition) is 0. The summed E-state index contributed by atoms with van der Waals surface area (Å²) in [5, 5.41) is 0. The highest BCUT2D eigenvalue weighted by atomic mass is 15.2. The summed E-state index contributed by atoms with van der Waals surface area (Å²) in [4.78, 5) is 5.21. The van der Waals surface area contributed by atoms with Crippen LogP contribution in [-0.2, 0) is 0 Å². The van der Waals surface area contributed by atoms with Crippen molar-refractivity contribution in [2.24, 2.45) is 11.8 Å². The number of rotatable bonds is 7. The third kappa shape index (κ3) is 4.21. The van der Waals surface area contributed by atoms with Crippen LogP contribution in [0.3, 0.4) is 0 Å². The van der Waals surface area contributed by atoms with Gasteiger partial charge in [-0.05, 0) is 65.5 Å². The summed E-state index contributed by atoms with van der Waals surface area (Å²) in [5.74, 6) is 1.91. The van der Waals surface area contributed by atoms with E-state index in [1.54, 1.807) is 0 Å². The molecule has 2 saturated carbocycles. The van der Waals surface area contributed by atoms with Crippen molar-refractivity contribution in [2.75, 3.05) is 27.2 Å². The van der Waals surface area contributed by atoms with E-state index in [0.29, 0.717) is 0 Å². The molecule has 0 aliphatic heterocycles. The lowest BCUT2D eigenvalue weighted by atomic mass is 9.98. The second-order valence-electron chi connectivity index (χ2n) is 7.53. The van der Waals surface area contributed by atoms with Crippen LogP contribution in [0.2, 0.25) is 0 Å². The maximum absolute atomic E-state index is 2.61. The molecule has 20 heavy (non-hydrogen) atoms. The molecule has 0 aromatic heterocycles. The zero-order valence-electron chi connectivity index (χ0n) is 14.3. The zero-order valence-corrected chi connectivity index (χ0v) is 14.3. The van der Waals surface area contributed by atoms with E-state index in [9.17, 15) is 0 Å². The average Bonchev–Trinajstić information content (AvgIpc) is 3.14. The molecule has 0 amide bonds. The van der Waals surface area contributed by atoms with Crippen molar-refractivity contribution in [1.82, 2.24) is 9.80 Å². The van der Waals surface area contributed by atoms with Crippen molar-refractivity contribution in [3.05, 3.63) is 0 Å². The van der Waals surface area contributed by atoms with E-state index in [-0.39, 0.29) is 0 Å². The first kappa shape index (κ1) is 16.3. The van der Waals surface area contributed by atoms with Gasteiger partial charge in [0, 0.05) is 25.2 Å². The molecule has 2 heteroatoms. The molecule has 0 spiro atoms. The predicted octanol–water partition coefficient (Wildman–Crippen LogP) is 4.01. The van der Waals surface area contributed by atoms with Crippen molar-refractivity contribution in [1.29, 1.82) is 0 Å². The second-order valence-corrected chi connectivity index (χ2v) is 7.53. The van der Waals surface area contributed by atoms with E-state index in [4.69, 9.17) is 0 Å². The van der Waals surface area contributed by atoms with Crippen LogP contribution in [0.5, 0.6) is 0 Å². The molecule has 118 valence electrons. The van der Waals surface area contributed by atoms with Gasteiger partial charge in [-0.15, -0.1) is 0 Å². The maximum atomic E-state index is 2.61. The summed E-state index contributed by atoms with van der Waals surface area (Å²) < 4.78 is 0. The molecular weight excluding hydrogens is 244 g/mol. The molecule has 2 rings (SSSR count). The average molecular weight is 281 g/mol. The van der Waals surface area contributed by atoms with Gasteiger partial charge in [0.15, 0.2) is 0 Å². The maximum Gasteiger partial charge on any atom is 0.0109 e. The van der Waals surface area contributed by atoms with Gasteiger partial charge >= 0.3 is 0 Å². The second kappa shape index (κ2) is 7.79.